The zero-order valence-electron chi connectivity index (χ0n) is 12.3. The highest BCUT2D eigenvalue weighted by atomic mass is 16.7. The van der Waals surface area contributed by atoms with Gasteiger partial charge in [-0.05, 0) is 31.4 Å². The molecule has 2 unspecified atom stereocenters. The predicted molar refractivity (Wildman–Crippen MR) is 76.5 cm³/mol. The van der Waals surface area contributed by atoms with Crippen molar-refractivity contribution in [2.75, 3.05) is 20.5 Å². The Morgan fingerprint density at radius 1 is 1.30 bits per heavy atom. The van der Waals surface area contributed by atoms with E-state index in [4.69, 9.17) is 24.7 Å². The minimum absolute atomic E-state index is 0.0353. The molecule has 0 saturated carbocycles. The Morgan fingerprint density at radius 2 is 2.00 bits per heavy atom. The van der Waals surface area contributed by atoms with Gasteiger partial charge in [-0.15, -0.1) is 0 Å². The molecule has 0 bridgehead atoms. The molecule has 1 heterocycles. The Hall–Kier alpha value is -1.46. The van der Waals surface area contributed by atoms with E-state index in [1.165, 1.54) is 0 Å². The van der Waals surface area contributed by atoms with Crippen LogP contribution in [0.15, 0.2) is 12.1 Å². The van der Waals surface area contributed by atoms with Gasteiger partial charge >= 0.3 is 0 Å². The Balaban J connectivity index is 2.18. The van der Waals surface area contributed by atoms with Gasteiger partial charge in [0.25, 0.3) is 0 Å². The van der Waals surface area contributed by atoms with Crippen LogP contribution in [-0.4, -0.2) is 32.7 Å². The molecule has 1 aliphatic heterocycles. The van der Waals surface area contributed by atoms with E-state index in [1.807, 2.05) is 19.1 Å². The second kappa shape index (κ2) is 6.81. The van der Waals surface area contributed by atoms with Gasteiger partial charge in [-0.25, -0.2) is 0 Å². The van der Waals surface area contributed by atoms with Gasteiger partial charge in [-0.1, -0.05) is 6.92 Å². The average molecular weight is 281 g/mol. The summed E-state index contributed by atoms with van der Waals surface area (Å²) in [5, 5.41) is 0. The first-order chi connectivity index (χ1) is 9.63. The first kappa shape index (κ1) is 14.9. The average Bonchev–Trinajstić information content (AvgIpc) is 2.91. The second-order valence-electron chi connectivity index (χ2n) is 5.04. The summed E-state index contributed by atoms with van der Waals surface area (Å²) in [6, 6.07) is 3.95. The number of fused-ring (bicyclic) bond motifs is 1. The van der Waals surface area contributed by atoms with E-state index < -0.39 is 0 Å². The monoisotopic (exact) mass is 281 g/mol. The molecule has 5 nitrogen and oxygen atoms in total. The molecular weight excluding hydrogens is 258 g/mol. The standard InChI is InChI=1S/C15H23NO4/c1-4-12(16)5-11-6-14-15(20-9-19-14)7-13(11)18-8-10(2)17-3/h6-7,10,12H,4-5,8-9,16H2,1-3H3. The lowest BCUT2D eigenvalue weighted by Crippen LogP contribution is -2.22. The highest BCUT2D eigenvalue weighted by Crippen LogP contribution is 2.38. The van der Waals surface area contributed by atoms with Crippen LogP contribution in [0, 0.1) is 0 Å². The first-order valence-electron chi connectivity index (χ1n) is 6.97. The van der Waals surface area contributed by atoms with Gasteiger partial charge in [-0.3, -0.25) is 0 Å². The van der Waals surface area contributed by atoms with Crippen molar-refractivity contribution in [1.82, 2.24) is 0 Å². The zero-order chi connectivity index (χ0) is 14.5. The van der Waals surface area contributed by atoms with Crippen molar-refractivity contribution >= 4 is 0 Å². The minimum atomic E-state index is 0.0353. The summed E-state index contributed by atoms with van der Waals surface area (Å²) in [5.41, 5.74) is 7.10. The van der Waals surface area contributed by atoms with Crippen LogP contribution in [-0.2, 0) is 11.2 Å². The van der Waals surface area contributed by atoms with E-state index in [0.717, 1.165) is 35.7 Å². The molecule has 5 heteroatoms. The van der Waals surface area contributed by atoms with E-state index in [0.29, 0.717) is 6.61 Å². The fourth-order valence-electron chi connectivity index (χ4n) is 1.96. The van der Waals surface area contributed by atoms with Crippen LogP contribution in [0.25, 0.3) is 0 Å². The smallest absolute Gasteiger partial charge is 0.231 e. The van der Waals surface area contributed by atoms with Crippen LogP contribution in [0.1, 0.15) is 25.8 Å². The third-order valence-corrected chi connectivity index (χ3v) is 3.44. The van der Waals surface area contributed by atoms with Crippen molar-refractivity contribution in [3.8, 4) is 17.2 Å². The van der Waals surface area contributed by atoms with Gasteiger partial charge in [-0.2, -0.15) is 0 Å². The van der Waals surface area contributed by atoms with Crippen LogP contribution >= 0.6 is 0 Å². The fourth-order valence-corrected chi connectivity index (χ4v) is 1.96. The number of ether oxygens (including phenoxy) is 4. The summed E-state index contributed by atoms with van der Waals surface area (Å²) >= 11 is 0. The quantitative estimate of drug-likeness (QED) is 0.829. The number of nitrogens with two attached hydrogens (primary N) is 1. The molecule has 0 aromatic heterocycles. The highest BCUT2D eigenvalue weighted by molar-refractivity contribution is 5.52. The van der Waals surface area contributed by atoms with Crippen molar-refractivity contribution in [1.29, 1.82) is 0 Å². The van der Waals surface area contributed by atoms with E-state index in [2.05, 4.69) is 6.92 Å². The predicted octanol–water partition coefficient (Wildman–Crippen LogP) is 2.11. The third kappa shape index (κ3) is 3.55. The molecule has 2 rings (SSSR count). The third-order valence-electron chi connectivity index (χ3n) is 3.44. The molecule has 1 aromatic carbocycles. The van der Waals surface area contributed by atoms with Crippen molar-refractivity contribution in [2.24, 2.45) is 5.73 Å². The number of methoxy groups -OCH3 is 1. The molecule has 0 radical (unpaired) electrons. The number of benzene rings is 1. The summed E-state index contributed by atoms with van der Waals surface area (Å²) in [4.78, 5) is 0. The number of hydrogen-bond donors (Lipinski definition) is 1. The van der Waals surface area contributed by atoms with Crippen LogP contribution in [0.4, 0.5) is 0 Å². The van der Waals surface area contributed by atoms with Crippen molar-refractivity contribution in [3.05, 3.63) is 17.7 Å². The number of hydrogen-bond acceptors (Lipinski definition) is 5. The Kier molecular flexibility index (Phi) is 5.09. The van der Waals surface area contributed by atoms with Crippen LogP contribution < -0.4 is 19.9 Å². The molecule has 0 aliphatic carbocycles. The lowest BCUT2D eigenvalue weighted by atomic mass is 10.0. The van der Waals surface area contributed by atoms with Gasteiger partial charge < -0.3 is 24.7 Å². The lowest BCUT2D eigenvalue weighted by Gasteiger charge is -2.17. The minimum Gasteiger partial charge on any atom is -0.490 e. The van der Waals surface area contributed by atoms with Crippen LogP contribution in [0.2, 0.25) is 0 Å². The molecule has 1 aliphatic rings. The van der Waals surface area contributed by atoms with Gasteiger partial charge in [0.2, 0.25) is 6.79 Å². The topological polar surface area (TPSA) is 62.9 Å². The molecule has 0 spiro atoms. The summed E-state index contributed by atoms with van der Waals surface area (Å²) in [6.45, 7) is 4.78. The van der Waals surface area contributed by atoms with E-state index >= 15 is 0 Å². The molecule has 2 atom stereocenters. The summed E-state index contributed by atoms with van der Waals surface area (Å²) in [5.74, 6) is 2.27. The van der Waals surface area contributed by atoms with Gasteiger partial charge in [0.1, 0.15) is 12.4 Å². The first-order valence-corrected chi connectivity index (χ1v) is 6.97. The Labute approximate surface area is 120 Å². The SMILES string of the molecule is CCC(N)Cc1cc2c(cc1OCC(C)OC)OCO2. The summed E-state index contributed by atoms with van der Waals surface area (Å²) in [7, 11) is 1.67. The van der Waals surface area contributed by atoms with Crippen LogP contribution in [0.5, 0.6) is 17.2 Å². The molecule has 0 saturated heterocycles. The summed E-state index contributed by atoms with van der Waals surface area (Å²) < 4.78 is 21.9. The van der Waals surface area contributed by atoms with E-state index in [-0.39, 0.29) is 18.9 Å². The lowest BCUT2D eigenvalue weighted by molar-refractivity contribution is 0.0712. The Bertz CT molecular complexity index is 450. The van der Waals surface area contributed by atoms with E-state index in [9.17, 15) is 0 Å². The highest BCUT2D eigenvalue weighted by Gasteiger charge is 2.19. The van der Waals surface area contributed by atoms with Gasteiger partial charge in [0.15, 0.2) is 11.5 Å². The molecule has 2 N–H and O–H groups in total. The van der Waals surface area contributed by atoms with Gasteiger partial charge in [0, 0.05) is 19.2 Å². The molecule has 112 valence electrons. The van der Waals surface area contributed by atoms with Crippen molar-refractivity contribution in [3.63, 3.8) is 0 Å². The maximum absolute atomic E-state index is 6.05. The molecule has 0 fully saturated rings. The molecule has 0 amide bonds. The Morgan fingerprint density at radius 3 is 2.65 bits per heavy atom. The maximum Gasteiger partial charge on any atom is 0.231 e. The number of rotatable bonds is 7. The van der Waals surface area contributed by atoms with Gasteiger partial charge in [0.05, 0.1) is 6.10 Å². The summed E-state index contributed by atoms with van der Waals surface area (Å²) in [6.07, 6.45) is 1.71. The normalized spacial score (nSPS) is 16.0. The molecule has 1 aromatic rings. The van der Waals surface area contributed by atoms with Crippen molar-refractivity contribution in [2.45, 2.75) is 38.8 Å². The van der Waals surface area contributed by atoms with Crippen molar-refractivity contribution < 1.29 is 18.9 Å². The fraction of sp³-hybridized carbons (Fsp3) is 0.600. The second-order valence-corrected chi connectivity index (χ2v) is 5.04. The van der Waals surface area contributed by atoms with Crippen LogP contribution in [0.3, 0.4) is 0 Å². The van der Waals surface area contributed by atoms with E-state index in [1.54, 1.807) is 7.11 Å². The maximum atomic E-state index is 6.05. The molecular formula is C15H23NO4. The zero-order valence-corrected chi connectivity index (χ0v) is 12.3. The largest absolute Gasteiger partial charge is 0.490 e. The molecule has 20 heavy (non-hydrogen) atoms.